The molecule has 0 saturated heterocycles. The molecule has 25 heavy (non-hydrogen) atoms. The second-order valence-electron chi connectivity index (χ2n) is 6.96. The number of alkyl halides is 1. The predicted octanol–water partition coefficient (Wildman–Crippen LogP) is 4.91. The number of ether oxygens (including phenoxy) is 1. The first kappa shape index (κ1) is 17.3. The van der Waals surface area contributed by atoms with Crippen LogP contribution in [-0.2, 0) is 4.74 Å². The molecule has 0 spiro atoms. The normalized spacial score (nSPS) is 26.6. The van der Waals surface area contributed by atoms with Crippen molar-refractivity contribution in [1.82, 2.24) is 0 Å². The van der Waals surface area contributed by atoms with Crippen LogP contribution in [0.1, 0.15) is 53.7 Å². The van der Waals surface area contributed by atoms with E-state index < -0.39 is 6.10 Å². The van der Waals surface area contributed by atoms with Crippen molar-refractivity contribution in [2.75, 3.05) is 17.7 Å². The van der Waals surface area contributed by atoms with E-state index in [0.717, 1.165) is 17.7 Å². The van der Waals surface area contributed by atoms with Crippen molar-refractivity contribution in [3.63, 3.8) is 0 Å². The van der Waals surface area contributed by atoms with E-state index in [1.807, 2.05) is 17.4 Å². The molecule has 5 heteroatoms. The summed E-state index contributed by atoms with van der Waals surface area (Å²) in [4.78, 5) is 1.51. The van der Waals surface area contributed by atoms with E-state index in [2.05, 4.69) is 35.0 Å². The Morgan fingerprint density at radius 1 is 1.20 bits per heavy atom. The van der Waals surface area contributed by atoms with Gasteiger partial charge >= 0.3 is 0 Å². The number of halogens is 1. The highest BCUT2D eigenvalue weighted by Crippen LogP contribution is 2.49. The number of aliphatic hydroxyl groups is 1. The number of rotatable bonds is 5. The van der Waals surface area contributed by atoms with E-state index in [1.54, 1.807) is 0 Å². The van der Waals surface area contributed by atoms with Gasteiger partial charge in [0.15, 0.2) is 0 Å². The lowest BCUT2D eigenvalue weighted by atomic mass is 9.80. The molecule has 1 fully saturated rings. The van der Waals surface area contributed by atoms with Crippen molar-refractivity contribution in [2.24, 2.45) is 0 Å². The number of nitrogens with one attached hydrogen (secondary N) is 1. The van der Waals surface area contributed by atoms with E-state index in [-0.39, 0.29) is 12.0 Å². The molecule has 3 nitrogen and oxygen atoms in total. The lowest BCUT2D eigenvalue weighted by Crippen LogP contribution is -2.33. The first-order chi connectivity index (χ1) is 12.3. The van der Waals surface area contributed by atoms with Crippen molar-refractivity contribution in [3.05, 3.63) is 51.7 Å². The summed E-state index contributed by atoms with van der Waals surface area (Å²) in [6.07, 6.45) is 4.70. The van der Waals surface area contributed by atoms with Gasteiger partial charge in [-0.2, -0.15) is 0 Å². The number of anilines is 1. The molecule has 1 aromatic carbocycles. The number of hydrogen-bond donors (Lipinski definition) is 2. The Morgan fingerprint density at radius 2 is 2.04 bits per heavy atom. The number of fused-ring (bicyclic) bond motifs is 3. The Morgan fingerprint density at radius 3 is 2.92 bits per heavy atom. The number of hydrogen-bond acceptors (Lipinski definition) is 4. The Bertz CT molecular complexity index is 719. The van der Waals surface area contributed by atoms with Crippen LogP contribution in [0.15, 0.2) is 35.7 Å². The Balaban J connectivity index is 1.65. The Hall–Kier alpha value is -1.07. The van der Waals surface area contributed by atoms with Crippen molar-refractivity contribution >= 4 is 28.6 Å². The largest absolute Gasteiger partial charge is 0.390 e. The van der Waals surface area contributed by atoms with Crippen LogP contribution in [0.3, 0.4) is 0 Å². The molecule has 1 saturated carbocycles. The summed E-state index contributed by atoms with van der Waals surface area (Å²) in [5.41, 5.74) is 3.48. The maximum atomic E-state index is 9.78. The zero-order valence-corrected chi connectivity index (χ0v) is 15.7. The van der Waals surface area contributed by atoms with Gasteiger partial charge in [0.05, 0.1) is 18.1 Å². The summed E-state index contributed by atoms with van der Waals surface area (Å²) in [5.74, 6) is 0.797. The lowest BCUT2D eigenvalue weighted by Gasteiger charge is -2.40. The zero-order chi connectivity index (χ0) is 17.2. The minimum absolute atomic E-state index is 0.0301. The second kappa shape index (κ2) is 7.67. The molecule has 2 N–H and O–H groups in total. The molecule has 4 atom stereocenters. The van der Waals surface area contributed by atoms with Gasteiger partial charge in [-0.15, -0.1) is 22.9 Å². The van der Waals surface area contributed by atoms with Gasteiger partial charge in [0.25, 0.3) is 0 Å². The highest BCUT2D eigenvalue weighted by molar-refractivity contribution is 7.10. The van der Waals surface area contributed by atoms with Crippen LogP contribution in [0.2, 0.25) is 0 Å². The van der Waals surface area contributed by atoms with Gasteiger partial charge in [0.2, 0.25) is 0 Å². The Kier molecular flexibility index (Phi) is 5.32. The maximum absolute atomic E-state index is 9.78. The summed E-state index contributed by atoms with van der Waals surface area (Å²) in [6, 6.07) is 10.5. The minimum atomic E-state index is -0.554. The molecule has 2 aromatic rings. The van der Waals surface area contributed by atoms with E-state index in [1.165, 1.54) is 29.7 Å². The zero-order valence-electron chi connectivity index (χ0n) is 14.2. The third-order valence-corrected chi connectivity index (χ3v) is 6.73. The molecular weight excluding hydrogens is 354 g/mol. The molecule has 1 aliphatic heterocycles. The average molecular weight is 378 g/mol. The van der Waals surface area contributed by atoms with E-state index in [4.69, 9.17) is 16.3 Å². The predicted molar refractivity (Wildman–Crippen MR) is 104 cm³/mol. The molecule has 2 aliphatic rings. The fourth-order valence-electron chi connectivity index (χ4n) is 4.07. The molecule has 4 unspecified atom stereocenters. The van der Waals surface area contributed by atoms with Crippen molar-refractivity contribution in [1.29, 1.82) is 0 Å². The number of para-hydroxylation sites is 1. The van der Waals surface area contributed by atoms with Gasteiger partial charge in [-0.05, 0) is 35.9 Å². The number of aliphatic hydroxyl groups excluding tert-OH is 1. The maximum Gasteiger partial charge on any atom is 0.111 e. The van der Waals surface area contributed by atoms with Gasteiger partial charge in [-0.25, -0.2) is 0 Å². The molecule has 0 amide bonds. The van der Waals surface area contributed by atoms with E-state index in [0.29, 0.717) is 18.6 Å². The molecule has 4 rings (SSSR count). The number of thiophene rings is 1. The van der Waals surface area contributed by atoms with Crippen molar-refractivity contribution in [3.8, 4) is 0 Å². The first-order valence-corrected chi connectivity index (χ1v) is 10.5. The van der Waals surface area contributed by atoms with Gasteiger partial charge in [0, 0.05) is 28.6 Å². The molecule has 1 aromatic heterocycles. The highest BCUT2D eigenvalue weighted by Gasteiger charge is 2.39. The number of benzene rings is 1. The summed E-state index contributed by atoms with van der Waals surface area (Å²) >= 11 is 7.60. The van der Waals surface area contributed by atoms with Crippen LogP contribution in [0.25, 0.3) is 0 Å². The lowest BCUT2D eigenvalue weighted by molar-refractivity contribution is -0.0371. The molecular formula is C20H24ClNO2S. The van der Waals surface area contributed by atoms with Crippen LogP contribution >= 0.6 is 22.9 Å². The fourth-order valence-corrected chi connectivity index (χ4v) is 5.29. The summed E-state index contributed by atoms with van der Waals surface area (Å²) in [6.45, 7) is 0.440. The van der Waals surface area contributed by atoms with Crippen LogP contribution in [0.5, 0.6) is 0 Å². The summed E-state index contributed by atoms with van der Waals surface area (Å²) < 4.78 is 6.61. The van der Waals surface area contributed by atoms with Gasteiger partial charge in [-0.1, -0.05) is 31.0 Å². The molecule has 1 aliphatic carbocycles. The van der Waals surface area contributed by atoms with Crippen molar-refractivity contribution < 1.29 is 9.84 Å². The smallest absolute Gasteiger partial charge is 0.111 e. The van der Waals surface area contributed by atoms with Gasteiger partial charge in [0.1, 0.15) is 6.10 Å². The van der Waals surface area contributed by atoms with Gasteiger partial charge in [-0.3, -0.25) is 0 Å². The quantitative estimate of drug-likeness (QED) is 0.728. The highest BCUT2D eigenvalue weighted by atomic mass is 35.5. The topological polar surface area (TPSA) is 41.5 Å². The van der Waals surface area contributed by atoms with Crippen LogP contribution in [0, 0.1) is 0 Å². The van der Waals surface area contributed by atoms with E-state index in [9.17, 15) is 5.11 Å². The minimum Gasteiger partial charge on any atom is -0.390 e. The first-order valence-electron chi connectivity index (χ1n) is 9.07. The fraction of sp³-hybridized carbons (Fsp3) is 0.500. The third kappa shape index (κ3) is 3.45. The average Bonchev–Trinajstić information content (AvgIpc) is 3.16. The molecule has 2 heterocycles. The third-order valence-electron chi connectivity index (χ3n) is 5.31. The monoisotopic (exact) mass is 377 g/mol. The van der Waals surface area contributed by atoms with Crippen molar-refractivity contribution in [2.45, 2.75) is 49.9 Å². The van der Waals surface area contributed by atoms with Crippen LogP contribution < -0.4 is 5.32 Å². The molecule has 0 bridgehead atoms. The summed E-state index contributed by atoms with van der Waals surface area (Å²) in [7, 11) is 0. The van der Waals surface area contributed by atoms with E-state index >= 15 is 0 Å². The van der Waals surface area contributed by atoms with Gasteiger partial charge < -0.3 is 15.2 Å². The molecule has 134 valence electrons. The molecule has 0 radical (unpaired) electrons. The Labute approximate surface area is 158 Å². The second-order valence-corrected chi connectivity index (χ2v) is 8.22. The van der Waals surface area contributed by atoms with Crippen LogP contribution in [0.4, 0.5) is 5.69 Å². The summed E-state index contributed by atoms with van der Waals surface area (Å²) in [5, 5.41) is 15.3. The van der Waals surface area contributed by atoms with Crippen LogP contribution in [-0.4, -0.2) is 29.7 Å². The SMILES string of the molecule is OC(CCl)CNc1ccccc1C1OC2CCCCC2c2sccc21. The standard InChI is InChI=1S/C20H24ClNO2S/c21-11-13(23)12-22-17-7-3-1-5-14(17)19-16-9-10-25-20(16)15-6-2-4-8-18(15)24-19/h1,3,5,7,9-10,13,15,18-19,22-23H,2,4,6,8,11-12H2.